The van der Waals surface area contributed by atoms with Crippen molar-refractivity contribution in [2.45, 2.75) is 38.8 Å². The number of carbonyl (C=O) groups is 3. The molecule has 4 rings (SSSR count). The van der Waals surface area contributed by atoms with Gasteiger partial charge in [-0.2, -0.15) is 0 Å². The molecule has 0 radical (unpaired) electrons. The summed E-state index contributed by atoms with van der Waals surface area (Å²) in [5.41, 5.74) is 2.55. The van der Waals surface area contributed by atoms with Crippen LogP contribution in [0.4, 0.5) is 17.1 Å². The number of carbonyl (C=O) groups excluding carboxylic acids is 3. The van der Waals surface area contributed by atoms with Crippen molar-refractivity contribution < 1.29 is 14.4 Å². The van der Waals surface area contributed by atoms with Crippen LogP contribution in [0.15, 0.2) is 72.8 Å². The molecule has 0 fully saturated rings. The van der Waals surface area contributed by atoms with Crippen LogP contribution in [0.5, 0.6) is 0 Å². The first-order valence-electron chi connectivity index (χ1n) is 11.3. The molecule has 35 heavy (non-hydrogen) atoms. The fourth-order valence-corrected chi connectivity index (χ4v) is 4.68. The number of hydrogen-bond acceptors (Lipinski definition) is 3. The molecule has 180 valence electrons. The SMILES string of the molecule is CC(C)N1C(=O)C(NC(=O)CCc2ccc(Cl)cc2Cl)C(=O)N(c2ccccc2)c2ccccc21. The van der Waals surface area contributed by atoms with Crippen molar-refractivity contribution in [1.29, 1.82) is 0 Å². The van der Waals surface area contributed by atoms with Crippen molar-refractivity contribution in [1.82, 2.24) is 5.32 Å². The Morgan fingerprint density at radius 3 is 2.23 bits per heavy atom. The Morgan fingerprint density at radius 1 is 0.914 bits per heavy atom. The molecular weight excluding hydrogens is 485 g/mol. The number of anilines is 3. The first kappa shape index (κ1) is 24.8. The van der Waals surface area contributed by atoms with Gasteiger partial charge in [-0.25, -0.2) is 0 Å². The Bertz CT molecular complexity index is 1260. The van der Waals surface area contributed by atoms with Crippen molar-refractivity contribution in [3.63, 3.8) is 0 Å². The van der Waals surface area contributed by atoms with E-state index in [1.54, 1.807) is 41.3 Å². The molecule has 0 bridgehead atoms. The zero-order valence-corrected chi connectivity index (χ0v) is 20.9. The molecule has 1 heterocycles. The van der Waals surface area contributed by atoms with Gasteiger partial charge < -0.3 is 10.2 Å². The van der Waals surface area contributed by atoms with Gasteiger partial charge in [-0.3, -0.25) is 19.3 Å². The zero-order chi connectivity index (χ0) is 25.1. The minimum absolute atomic E-state index is 0.0539. The van der Waals surface area contributed by atoms with Crippen LogP contribution in [0.1, 0.15) is 25.8 Å². The van der Waals surface area contributed by atoms with E-state index >= 15 is 0 Å². The van der Waals surface area contributed by atoms with Crippen molar-refractivity contribution in [2.75, 3.05) is 9.80 Å². The van der Waals surface area contributed by atoms with Gasteiger partial charge in [-0.05, 0) is 62.2 Å². The van der Waals surface area contributed by atoms with E-state index in [4.69, 9.17) is 23.2 Å². The fourth-order valence-electron chi connectivity index (χ4n) is 4.17. The van der Waals surface area contributed by atoms with Gasteiger partial charge in [-0.15, -0.1) is 0 Å². The van der Waals surface area contributed by atoms with Crippen LogP contribution in [0.3, 0.4) is 0 Å². The van der Waals surface area contributed by atoms with Gasteiger partial charge in [0, 0.05) is 28.2 Å². The second kappa shape index (κ2) is 10.5. The Kier molecular flexibility index (Phi) is 7.43. The van der Waals surface area contributed by atoms with E-state index < -0.39 is 23.8 Å². The van der Waals surface area contributed by atoms with Gasteiger partial charge in [0.2, 0.25) is 5.91 Å². The summed E-state index contributed by atoms with van der Waals surface area (Å²) in [5, 5.41) is 3.66. The third-order valence-electron chi connectivity index (χ3n) is 5.81. The van der Waals surface area contributed by atoms with Gasteiger partial charge in [0.25, 0.3) is 11.8 Å². The van der Waals surface area contributed by atoms with Gasteiger partial charge in [0.05, 0.1) is 11.4 Å². The molecule has 8 heteroatoms. The van der Waals surface area contributed by atoms with Crippen LogP contribution >= 0.6 is 23.2 Å². The quantitative estimate of drug-likeness (QED) is 0.444. The predicted molar refractivity (Wildman–Crippen MR) is 139 cm³/mol. The van der Waals surface area contributed by atoms with Crippen molar-refractivity contribution in [2.24, 2.45) is 0 Å². The number of nitrogens with zero attached hydrogens (tertiary/aromatic N) is 2. The molecule has 0 saturated carbocycles. The molecule has 6 nitrogen and oxygen atoms in total. The van der Waals surface area contributed by atoms with Crippen molar-refractivity contribution in [3.8, 4) is 0 Å². The van der Waals surface area contributed by atoms with Crippen LogP contribution in [-0.4, -0.2) is 29.8 Å². The van der Waals surface area contributed by atoms with Gasteiger partial charge in [0.15, 0.2) is 6.04 Å². The number of amides is 3. The summed E-state index contributed by atoms with van der Waals surface area (Å²) in [6.45, 7) is 3.75. The summed E-state index contributed by atoms with van der Waals surface area (Å²) in [6.07, 6.45) is 0.395. The molecule has 3 aromatic rings. The van der Waals surface area contributed by atoms with Crippen molar-refractivity contribution in [3.05, 3.63) is 88.4 Å². The third-order valence-corrected chi connectivity index (χ3v) is 6.39. The highest BCUT2D eigenvalue weighted by molar-refractivity contribution is 6.35. The molecule has 1 N–H and O–H groups in total. The Hall–Kier alpha value is -3.35. The highest BCUT2D eigenvalue weighted by atomic mass is 35.5. The summed E-state index contributed by atoms with van der Waals surface area (Å²) < 4.78 is 0. The largest absolute Gasteiger partial charge is 0.336 e. The van der Waals surface area contributed by atoms with E-state index in [0.29, 0.717) is 33.5 Å². The normalized spacial score (nSPS) is 15.7. The lowest BCUT2D eigenvalue weighted by atomic mass is 10.1. The number of fused-ring (bicyclic) bond motifs is 1. The number of hydrogen-bond donors (Lipinski definition) is 1. The number of aryl methyl sites for hydroxylation is 1. The van der Waals surface area contributed by atoms with E-state index in [-0.39, 0.29) is 12.5 Å². The fraction of sp³-hybridized carbons (Fsp3) is 0.222. The molecule has 0 aliphatic carbocycles. The maximum Gasteiger partial charge on any atom is 0.264 e. The van der Waals surface area contributed by atoms with Crippen LogP contribution in [0, 0.1) is 0 Å². The Balaban J connectivity index is 1.66. The molecule has 1 aliphatic rings. The zero-order valence-electron chi connectivity index (χ0n) is 19.4. The molecule has 1 atom stereocenters. The maximum atomic E-state index is 13.8. The minimum Gasteiger partial charge on any atom is -0.336 e. The first-order valence-corrected chi connectivity index (χ1v) is 12.1. The summed E-state index contributed by atoms with van der Waals surface area (Å²) >= 11 is 12.2. The second-order valence-electron chi connectivity index (χ2n) is 8.54. The van der Waals surface area contributed by atoms with E-state index in [0.717, 1.165) is 5.56 Å². The number of nitrogens with one attached hydrogen (secondary N) is 1. The van der Waals surface area contributed by atoms with E-state index in [1.165, 1.54) is 4.90 Å². The minimum atomic E-state index is -1.38. The lowest BCUT2D eigenvalue weighted by molar-refractivity contribution is -0.134. The lowest BCUT2D eigenvalue weighted by Crippen LogP contribution is -2.56. The highest BCUT2D eigenvalue weighted by Crippen LogP contribution is 2.38. The summed E-state index contributed by atoms with van der Waals surface area (Å²) in [4.78, 5) is 43.5. The van der Waals surface area contributed by atoms with E-state index in [1.807, 2.05) is 50.2 Å². The monoisotopic (exact) mass is 509 g/mol. The highest BCUT2D eigenvalue weighted by Gasteiger charge is 2.42. The number of para-hydroxylation sites is 3. The van der Waals surface area contributed by atoms with E-state index in [2.05, 4.69) is 5.32 Å². The molecule has 0 saturated heterocycles. The van der Waals surface area contributed by atoms with Gasteiger partial charge >= 0.3 is 0 Å². The second-order valence-corrected chi connectivity index (χ2v) is 9.38. The molecule has 3 amide bonds. The molecule has 0 spiro atoms. The van der Waals surface area contributed by atoms with Crippen LogP contribution < -0.4 is 15.1 Å². The summed E-state index contributed by atoms with van der Waals surface area (Å²) in [7, 11) is 0. The van der Waals surface area contributed by atoms with Crippen molar-refractivity contribution >= 4 is 58.0 Å². The number of halogens is 2. The average molecular weight is 510 g/mol. The standard InChI is InChI=1S/C27H25Cl2N3O3/c1-17(2)31-22-10-6-7-11-23(22)32(20-8-4-3-5-9-20)27(35)25(26(31)34)30-24(33)15-13-18-12-14-19(28)16-21(18)29/h3-12,14,16-17,25H,13,15H2,1-2H3,(H,30,33). The van der Waals surface area contributed by atoms with E-state index in [9.17, 15) is 14.4 Å². The smallest absolute Gasteiger partial charge is 0.264 e. The summed E-state index contributed by atoms with van der Waals surface area (Å²) in [5.74, 6) is -1.42. The number of benzene rings is 3. The maximum absolute atomic E-state index is 13.8. The molecule has 0 aromatic heterocycles. The van der Waals surface area contributed by atoms with Gasteiger partial charge in [0.1, 0.15) is 0 Å². The lowest BCUT2D eigenvalue weighted by Gasteiger charge is -2.28. The predicted octanol–water partition coefficient (Wildman–Crippen LogP) is 5.53. The average Bonchev–Trinajstić information content (AvgIpc) is 2.91. The molecule has 1 aliphatic heterocycles. The topological polar surface area (TPSA) is 69.7 Å². The van der Waals surface area contributed by atoms with Crippen LogP contribution in [-0.2, 0) is 20.8 Å². The third kappa shape index (κ3) is 5.19. The molecule has 1 unspecified atom stereocenters. The Labute approximate surface area is 214 Å². The first-order chi connectivity index (χ1) is 16.8. The Morgan fingerprint density at radius 2 is 1.57 bits per heavy atom. The summed E-state index contributed by atoms with van der Waals surface area (Å²) in [6, 6.07) is 19.8. The van der Waals surface area contributed by atoms with Crippen LogP contribution in [0.2, 0.25) is 10.0 Å². The number of rotatable bonds is 6. The van der Waals surface area contributed by atoms with Crippen LogP contribution in [0.25, 0.3) is 0 Å². The molecular formula is C27H25Cl2N3O3. The molecule has 3 aromatic carbocycles. The van der Waals surface area contributed by atoms with Gasteiger partial charge in [-0.1, -0.05) is 59.6 Å².